The monoisotopic (exact) mass is 341 g/mol. The van der Waals surface area contributed by atoms with E-state index in [1.165, 1.54) is 12.8 Å². The van der Waals surface area contributed by atoms with Crippen molar-refractivity contribution in [3.63, 3.8) is 0 Å². The van der Waals surface area contributed by atoms with Gasteiger partial charge in [-0.2, -0.15) is 0 Å². The molecule has 3 heterocycles. The van der Waals surface area contributed by atoms with Crippen molar-refractivity contribution in [1.29, 1.82) is 0 Å². The number of hydrogen-bond donors (Lipinski definition) is 1. The van der Waals surface area contributed by atoms with Crippen LogP contribution in [-0.2, 0) is 11.3 Å². The molecule has 2 bridgehead atoms. The minimum absolute atomic E-state index is 0.107. The molecular weight excluding hydrogens is 314 g/mol. The van der Waals surface area contributed by atoms with Gasteiger partial charge in [-0.1, -0.05) is 12.1 Å². The fourth-order valence-electron chi connectivity index (χ4n) is 4.56. The summed E-state index contributed by atoms with van der Waals surface area (Å²) in [5.74, 6) is 0.343. The summed E-state index contributed by atoms with van der Waals surface area (Å²) in [6, 6.07) is 9.29. The van der Waals surface area contributed by atoms with Gasteiger partial charge in [0.2, 0.25) is 5.91 Å². The Morgan fingerprint density at radius 3 is 2.48 bits per heavy atom. The van der Waals surface area contributed by atoms with Crippen LogP contribution in [0.2, 0.25) is 0 Å². The summed E-state index contributed by atoms with van der Waals surface area (Å²) >= 11 is 0. The average Bonchev–Trinajstić information content (AvgIpc) is 3.19. The van der Waals surface area contributed by atoms with E-state index in [2.05, 4.69) is 5.32 Å². The second kappa shape index (κ2) is 6.79. The molecule has 3 fully saturated rings. The van der Waals surface area contributed by atoms with Crippen LogP contribution in [0.1, 0.15) is 54.4 Å². The summed E-state index contributed by atoms with van der Waals surface area (Å²) in [6.07, 6.45) is 6.24. The Labute approximate surface area is 149 Å². The second-order valence-electron chi connectivity index (χ2n) is 7.79. The number of likely N-dealkylation sites (tertiary alicyclic amines) is 1. The first-order valence-corrected chi connectivity index (χ1v) is 9.50. The van der Waals surface area contributed by atoms with Gasteiger partial charge >= 0.3 is 0 Å². The van der Waals surface area contributed by atoms with Crippen molar-refractivity contribution in [2.45, 2.75) is 63.2 Å². The van der Waals surface area contributed by atoms with Crippen molar-refractivity contribution in [2.75, 3.05) is 13.6 Å². The number of nitrogens with zero attached hydrogens (tertiary/aromatic N) is 2. The van der Waals surface area contributed by atoms with E-state index in [1.54, 1.807) is 0 Å². The summed E-state index contributed by atoms with van der Waals surface area (Å²) in [7, 11) is 1.94. The van der Waals surface area contributed by atoms with Crippen LogP contribution in [0.3, 0.4) is 0 Å². The Bertz CT molecular complexity index is 645. The van der Waals surface area contributed by atoms with Gasteiger partial charge < -0.3 is 15.1 Å². The molecule has 0 radical (unpaired) electrons. The molecule has 5 nitrogen and oxygen atoms in total. The molecule has 3 saturated heterocycles. The zero-order chi connectivity index (χ0) is 17.4. The molecule has 5 heteroatoms. The number of nitrogens with one attached hydrogen (secondary N) is 1. The summed E-state index contributed by atoms with van der Waals surface area (Å²) in [6.45, 7) is 1.50. The van der Waals surface area contributed by atoms with Gasteiger partial charge in [-0.3, -0.25) is 9.59 Å². The van der Waals surface area contributed by atoms with Gasteiger partial charge in [0.15, 0.2) is 0 Å². The number of benzene rings is 1. The number of fused-ring (bicyclic) bond motifs is 2. The Morgan fingerprint density at radius 1 is 1.20 bits per heavy atom. The molecule has 3 aliphatic heterocycles. The van der Waals surface area contributed by atoms with Crippen molar-refractivity contribution in [2.24, 2.45) is 0 Å². The Morgan fingerprint density at radius 2 is 1.88 bits per heavy atom. The van der Waals surface area contributed by atoms with Gasteiger partial charge in [-0.15, -0.1) is 0 Å². The highest BCUT2D eigenvalue weighted by atomic mass is 16.2. The molecule has 134 valence electrons. The lowest BCUT2D eigenvalue weighted by Gasteiger charge is -2.35. The number of carbonyl (C=O) groups excluding carboxylic acids is 2. The average molecular weight is 341 g/mol. The molecule has 0 saturated carbocycles. The van der Waals surface area contributed by atoms with E-state index in [0.29, 0.717) is 31.1 Å². The first-order valence-electron chi connectivity index (χ1n) is 9.50. The van der Waals surface area contributed by atoms with Crippen LogP contribution in [0, 0.1) is 0 Å². The van der Waals surface area contributed by atoms with Crippen LogP contribution in [-0.4, -0.2) is 53.3 Å². The highest BCUT2D eigenvalue weighted by Gasteiger charge is 2.36. The van der Waals surface area contributed by atoms with Crippen molar-refractivity contribution in [1.82, 2.24) is 15.1 Å². The number of carbonyl (C=O) groups is 2. The summed E-state index contributed by atoms with van der Waals surface area (Å²) in [4.78, 5) is 28.4. The lowest BCUT2D eigenvalue weighted by molar-refractivity contribution is -0.128. The van der Waals surface area contributed by atoms with Gasteiger partial charge in [0, 0.05) is 50.2 Å². The normalized spacial score (nSPS) is 28.4. The fourth-order valence-corrected chi connectivity index (χ4v) is 4.56. The van der Waals surface area contributed by atoms with Crippen LogP contribution in [0.15, 0.2) is 24.3 Å². The SMILES string of the molecule is CN(C(=O)c1ccc(CN2CCCC2=O)cc1)C1CC2CCC(C1)N2. The molecule has 25 heavy (non-hydrogen) atoms. The number of amides is 2. The molecule has 1 N–H and O–H groups in total. The van der Waals surface area contributed by atoms with Crippen LogP contribution < -0.4 is 5.32 Å². The van der Waals surface area contributed by atoms with E-state index in [-0.39, 0.29) is 11.8 Å². The van der Waals surface area contributed by atoms with E-state index < -0.39 is 0 Å². The molecule has 0 aliphatic carbocycles. The highest BCUT2D eigenvalue weighted by Crippen LogP contribution is 2.29. The Balaban J connectivity index is 1.39. The first kappa shape index (κ1) is 16.6. The fraction of sp³-hybridized carbons (Fsp3) is 0.600. The van der Waals surface area contributed by atoms with Gasteiger partial charge in [0.05, 0.1) is 0 Å². The minimum Gasteiger partial charge on any atom is -0.339 e. The molecule has 2 atom stereocenters. The van der Waals surface area contributed by atoms with Crippen LogP contribution in [0.25, 0.3) is 0 Å². The number of piperidine rings is 1. The lowest BCUT2D eigenvalue weighted by Crippen LogP contribution is -2.48. The molecule has 0 aromatic heterocycles. The van der Waals surface area contributed by atoms with E-state index in [4.69, 9.17) is 0 Å². The zero-order valence-electron chi connectivity index (χ0n) is 14.9. The molecule has 3 aliphatic rings. The summed E-state index contributed by atoms with van der Waals surface area (Å²) < 4.78 is 0. The molecule has 1 aromatic rings. The Kier molecular flexibility index (Phi) is 4.50. The maximum atomic E-state index is 12.8. The predicted octanol–water partition coefficient (Wildman–Crippen LogP) is 2.16. The van der Waals surface area contributed by atoms with Gasteiger partial charge in [0.1, 0.15) is 0 Å². The largest absolute Gasteiger partial charge is 0.339 e. The maximum absolute atomic E-state index is 12.8. The quantitative estimate of drug-likeness (QED) is 0.913. The predicted molar refractivity (Wildman–Crippen MR) is 96.2 cm³/mol. The van der Waals surface area contributed by atoms with Gasteiger partial charge in [0.25, 0.3) is 5.91 Å². The third-order valence-electron chi connectivity index (χ3n) is 6.06. The summed E-state index contributed by atoms with van der Waals surface area (Å²) in [5.41, 5.74) is 1.83. The molecule has 4 rings (SSSR count). The standard InChI is InChI=1S/C20H27N3O2/c1-22(18-11-16-8-9-17(12-18)21-16)20(25)15-6-4-14(5-7-15)13-23-10-2-3-19(23)24/h4-7,16-18,21H,2-3,8-13H2,1H3. The minimum atomic E-state index is 0.107. The maximum Gasteiger partial charge on any atom is 0.253 e. The molecule has 2 amide bonds. The van der Waals surface area contributed by atoms with E-state index in [0.717, 1.165) is 36.9 Å². The number of rotatable bonds is 4. The van der Waals surface area contributed by atoms with E-state index in [1.807, 2.05) is 41.1 Å². The van der Waals surface area contributed by atoms with Crippen molar-refractivity contribution >= 4 is 11.8 Å². The van der Waals surface area contributed by atoms with Gasteiger partial charge in [-0.25, -0.2) is 0 Å². The zero-order valence-corrected chi connectivity index (χ0v) is 14.9. The lowest BCUT2D eigenvalue weighted by atomic mass is 9.98. The molecule has 2 unspecified atom stereocenters. The van der Waals surface area contributed by atoms with Crippen LogP contribution in [0.5, 0.6) is 0 Å². The molecule has 0 spiro atoms. The van der Waals surface area contributed by atoms with Crippen LogP contribution in [0.4, 0.5) is 0 Å². The molecular formula is C20H27N3O2. The second-order valence-corrected chi connectivity index (χ2v) is 7.79. The van der Waals surface area contributed by atoms with Crippen LogP contribution >= 0.6 is 0 Å². The topological polar surface area (TPSA) is 52.7 Å². The van der Waals surface area contributed by atoms with E-state index >= 15 is 0 Å². The third kappa shape index (κ3) is 3.43. The van der Waals surface area contributed by atoms with Crippen molar-refractivity contribution in [3.8, 4) is 0 Å². The Hall–Kier alpha value is -1.88. The smallest absolute Gasteiger partial charge is 0.253 e. The summed E-state index contributed by atoms with van der Waals surface area (Å²) in [5, 5.41) is 3.63. The highest BCUT2D eigenvalue weighted by molar-refractivity contribution is 5.94. The van der Waals surface area contributed by atoms with Crippen molar-refractivity contribution in [3.05, 3.63) is 35.4 Å². The molecule has 1 aromatic carbocycles. The number of hydrogen-bond acceptors (Lipinski definition) is 3. The van der Waals surface area contributed by atoms with E-state index in [9.17, 15) is 9.59 Å². The first-order chi connectivity index (χ1) is 12.1. The van der Waals surface area contributed by atoms with Gasteiger partial charge in [-0.05, 0) is 49.8 Å². The third-order valence-corrected chi connectivity index (χ3v) is 6.06. The van der Waals surface area contributed by atoms with Crippen molar-refractivity contribution < 1.29 is 9.59 Å².